The Morgan fingerprint density at radius 3 is 2.17 bits per heavy atom. The lowest BCUT2D eigenvalue weighted by Gasteiger charge is -2.48. The van der Waals surface area contributed by atoms with Crippen molar-refractivity contribution in [1.29, 1.82) is 0 Å². The fourth-order valence-electron chi connectivity index (χ4n) is 6.65. The van der Waals surface area contributed by atoms with Gasteiger partial charge in [-0.15, -0.1) is 0 Å². The van der Waals surface area contributed by atoms with Crippen molar-refractivity contribution in [1.82, 2.24) is 9.80 Å². The van der Waals surface area contributed by atoms with Crippen molar-refractivity contribution in [3.8, 4) is 0 Å². The number of piperazine rings is 1. The van der Waals surface area contributed by atoms with Gasteiger partial charge >= 0.3 is 0 Å². The number of amides is 2. The van der Waals surface area contributed by atoms with Crippen molar-refractivity contribution in [2.45, 2.75) is 49.8 Å². The number of benzene rings is 3. The molecule has 3 aromatic carbocycles. The molecule has 0 unspecified atom stereocenters. The van der Waals surface area contributed by atoms with Crippen molar-refractivity contribution >= 4 is 40.7 Å². The van der Waals surface area contributed by atoms with Gasteiger partial charge in [0.1, 0.15) is 0 Å². The smallest absolute Gasteiger partial charge is 0.254 e. The maximum absolute atomic E-state index is 14.6. The van der Waals surface area contributed by atoms with E-state index in [1.807, 2.05) is 58.3 Å². The molecule has 8 heteroatoms. The van der Waals surface area contributed by atoms with E-state index >= 15 is 0 Å². The van der Waals surface area contributed by atoms with E-state index < -0.39 is 12.0 Å². The van der Waals surface area contributed by atoms with Gasteiger partial charge in [0.15, 0.2) is 0 Å². The first kappa shape index (κ1) is 27.1. The molecule has 0 bridgehead atoms. The number of fused-ring (bicyclic) bond motifs is 1. The number of aliphatic hydroxyl groups excluding tert-OH is 1. The van der Waals surface area contributed by atoms with Crippen LogP contribution in [0.3, 0.4) is 0 Å². The maximum Gasteiger partial charge on any atom is 0.254 e. The van der Waals surface area contributed by atoms with Crippen LogP contribution in [-0.4, -0.2) is 65.0 Å². The third-order valence-electron chi connectivity index (χ3n) is 8.70. The molecule has 6 rings (SSSR count). The van der Waals surface area contributed by atoms with Gasteiger partial charge in [-0.1, -0.05) is 65.7 Å². The molecule has 1 saturated heterocycles. The molecule has 0 spiro atoms. The first-order chi connectivity index (χ1) is 19.4. The lowest BCUT2D eigenvalue weighted by molar-refractivity contribution is -0.135. The van der Waals surface area contributed by atoms with E-state index in [1.54, 1.807) is 12.1 Å². The number of aliphatic hydroxyl groups is 1. The molecule has 0 radical (unpaired) electrons. The number of hydrogen-bond acceptors (Lipinski definition) is 4. The Balaban J connectivity index is 1.40. The number of carbonyl (C=O) groups excluding carboxylic acids is 2. The summed E-state index contributed by atoms with van der Waals surface area (Å²) in [6.07, 6.45) is 2.23. The van der Waals surface area contributed by atoms with Crippen LogP contribution >= 0.6 is 23.2 Å². The Kier molecular flexibility index (Phi) is 7.76. The minimum absolute atomic E-state index is 0.00419. The Bertz CT molecular complexity index is 1390. The molecule has 1 saturated carbocycles. The first-order valence-corrected chi connectivity index (χ1v) is 14.8. The lowest BCUT2D eigenvalue weighted by atomic mass is 9.76. The summed E-state index contributed by atoms with van der Waals surface area (Å²) in [5.74, 6) is -0.696. The summed E-state index contributed by atoms with van der Waals surface area (Å²) in [4.78, 5) is 34.9. The van der Waals surface area contributed by atoms with Crippen LogP contribution in [0.4, 0.5) is 5.69 Å². The summed E-state index contributed by atoms with van der Waals surface area (Å²) in [5.41, 5.74) is 3.18. The van der Waals surface area contributed by atoms with Crippen LogP contribution in [0.2, 0.25) is 10.0 Å². The molecule has 3 aliphatic rings. The normalized spacial score (nSPS) is 25.1. The van der Waals surface area contributed by atoms with E-state index in [2.05, 4.69) is 17.0 Å². The van der Waals surface area contributed by atoms with E-state index in [0.29, 0.717) is 54.4 Å². The van der Waals surface area contributed by atoms with Gasteiger partial charge in [-0.3, -0.25) is 9.59 Å². The van der Waals surface area contributed by atoms with Gasteiger partial charge in [-0.05, 0) is 67.1 Å². The Morgan fingerprint density at radius 1 is 0.800 bits per heavy atom. The zero-order valence-electron chi connectivity index (χ0n) is 22.3. The van der Waals surface area contributed by atoms with Crippen molar-refractivity contribution in [2.75, 3.05) is 31.1 Å². The quantitative estimate of drug-likeness (QED) is 0.417. The first-order valence-electron chi connectivity index (χ1n) is 14.1. The number of rotatable bonds is 4. The number of para-hydroxylation sites is 1. The molecule has 1 N–H and O–H groups in total. The van der Waals surface area contributed by atoms with Crippen molar-refractivity contribution in [2.24, 2.45) is 0 Å². The van der Waals surface area contributed by atoms with Gasteiger partial charge in [0.2, 0.25) is 5.91 Å². The zero-order valence-corrected chi connectivity index (χ0v) is 23.8. The fraction of sp³-hybridized carbons (Fsp3) is 0.375. The second-order valence-corrected chi connectivity index (χ2v) is 11.8. The molecule has 2 aliphatic heterocycles. The van der Waals surface area contributed by atoms with Gasteiger partial charge in [0.25, 0.3) is 5.91 Å². The molecular weight excluding hydrogens is 545 g/mol. The monoisotopic (exact) mass is 577 g/mol. The highest BCUT2D eigenvalue weighted by molar-refractivity contribution is 6.35. The highest BCUT2D eigenvalue weighted by Crippen LogP contribution is 2.48. The minimum Gasteiger partial charge on any atom is -0.393 e. The molecule has 2 fully saturated rings. The van der Waals surface area contributed by atoms with Gasteiger partial charge < -0.3 is 19.8 Å². The van der Waals surface area contributed by atoms with Gasteiger partial charge in [-0.25, -0.2) is 0 Å². The second kappa shape index (κ2) is 11.4. The Labute approximate surface area is 245 Å². The van der Waals surface area contributed by atoms with Crippen LogP contribution in [0.15, 0.2) is 72.8 Å². The van der Waals surface area contributed by atoms with Crippen molar-refractivity contribution in [3.05, 3.63) is 99.5 Å². The summed E-state index contributed by atoms with van der Waals surface area (Å²) < 4.78 is 0. The average Bonchev–Trinajstić information content (AvgIpc) is 2.98. The van der Waals surface area contributed by atoms with E-state index in [0.717, 1.165) is 29.9 Å². The SMILES string of the molecule is O=C([C@@H]1c2ccccc2C(=O)N(C2CCC(O)CC2)[C@H]1c1ccc(Cl)cc1Cl)N1CCN(c2ccccc2)CC1. The molecule has 3 aromatic rings. The van der Waals surface area contributed by atoms with Crippen LogP contribution in [-0.2, 0) is 4.79 Å². The van der Waals surface area contributed by atoms with Crippen molar-refractivity contribution in [3.63, 3.8) is 0 Å². The molecule has 2 atom stereocenters. The highest BCUT2D eigenvalue weighted by atomic mass is 35.5. The van der Waals surface area contributed by atoms with E-state index in [9.17, 15) is 14.7 Å². The van der Waals surface area contributed by atoms with Crippen LogP contribution in [0, 0.1) is 0 Å². The molecule has 208 valence electrons. The highest BCUT2D eigenvalue weighted by Gasteiger charge is 2.48. The molecule has 2 heterocycles. The predicted molar refractivity (Wildman–Crippen MR) is 158 cm³/mol. The van der Waals surface area contributed by atoms with Crippen LogP contribution in [0.5, 0.6) is 0 Å². The molecule has 6 nitrogen and oxygen atoms in total. The van der Waals surface area contributed by atoms with Crippen LogP contribution in [0.1, 0.15) is 59.1 Å². The van der Waals surface area contributed by atoms with Crippen molar-refractivity contribution < 1.29 is 14.7 Å². The Hall–Kier alpha value is -3.06. The molecule has 40 heavy (non-hydrogen) atoms. The second-order valence-electron chi connectivity index (χ2n) is 11.0. The summed E-state index contributed by atoms with van der Waals surface area (Å²) >= 11 is 13.1. The standard InChI is InChI=1S/C32H33Cl2N3O3/c33-21-10-15-27(28(34)20-21)30-29(32(40)36-18-16-35(17-19-36)22-6-2-1-3-7-22)25-8-4-5-9-26(25)31(39)37(30)23-11-13-24(38)14-12-23/h1-10,15,20,23-24,29-30,38H,11-14,16-19H2/t23?,24?,29-,30+/m1/s1. The zero-order chi connectivity index (χ0) is 27.8. The maximum atomic E-state index is 14.6. The predicted octanol–water partition coefficient (Wildman–Crippen LogP) is 5.93. The van der Waals surface area contributed by atoms with Gasteiger partial charge in [-0.2, -0.15) is 0 Å². The number of carbonyl (C=O) groups is 2. The molecule has 1 aliphatic carbocycles. The van der Waals surface area contributed by atoms with Crippen LogP contribution in [0.25, 0.3) is 0 Å². The third kappa shape index (κ3) is 5.09. The largest absolute Gasteiger partial charge is 0.393 e. The van der Waals surface area contributed by atoms with E-state index in [1.165, 1.54) is 0 Å². The summed E-state index contributed by atoms with van der Waals surface area (Å²) in [5, 5.41) is 11.2. The fourth-order valence-corrected chi connectivity index (χ4v) is 7.17. The van der Waals surface area contributed by atoms with E-state index in [4.69, 9.17) is 23.2 Å². The topological polar surface area (TPSA) is 64.1 Å². The number of nitrogens with zero attached hydrogens (tertiary/aromatic N) is 3. The van der Waals surface area contributed by atoms with Gasteiger partial charge in [0, 0.05) is 53.5 Å². The lowest BCUT2D eigenvalue weighted by Crippen LogP contribution is -2.55. The number of hydrogen-bond donors (Lipinski definition) is 1. The molecule has 2 amide bonds. The van der Waals surface area contributed by atoms with E-state index in [-0.39, 0.29) is 24.0 Å². The number of halogens is 2. The molecule has 0 aromatic heterocycles. The third-order valence-corrected chi connectivity index (χ3v) is 9.26. The van der Waals surface area contributed by atoms with Crippen LogP contribution < -0.4 is 4.90 Å². The summed E-state index contributed by atoms with van der Waals surface area (Å²) in [6.45, 7) is 2.66. The summed E-state index contributed by atoms with van der Waals surface area (Å²) in [7, 11) is 0. The average molecular weight is 579 g/mol. The summed E-state index contributed by atoms with van der Waals surface area (Å²) in [6, 6.07) is 22.4. The Morgan fingerprint density at radius 2 is 1.48 bits per heavy atom. The minimum atomic E-state index is -0.609. The van der Waals surface area contributed by atoms with Gasteiger partial charge in [0.05, 0.1) is 18.1 Å². The molecular formula is C32H33Cl2N3O3. The number of anilines is 1.